The number of esters is 2. The lowest BCUT2D eigenvalue weighted by atomic mass is 10.1. The SMILES string of the molecule is CC.CC.CC.CC.CC.CC.CC.CC.CC.CC.CC(C)=O.COC(C)=O.COC(C)=O.CS(C)(=O)=O.Cc1ccccc1C.Cc1ccccc1C.Cc1ccccc1C.Cc1ccccc1C.Cc1ccccc1C.Cc1ccccc1C.Cc1ccccc1C.Cc1ccccc1C.c1ccccc1. The van der Waals surface area contributed by atoms with E-state index < -0.39 is 9.84 Å². The second kappa shape index (κ2) is 108. The Labute approximate surface area is 679 Å². The summed E-state index contributed by atoms with van der Waals surface area (Å²) in [7, 11) is 0.0324. The van der Waals surface area contributed by atoms with Gasteiger partial charge in [0.25, 0.3) is 0 Å². The standard InChI is InChI=1S/8C8H10.C6H6.2C3H6O2.C3H6O.C2H6O2S.10C2H6/c8*1-7-5-3-4-6-8(7)2;1-2-4-6-5-3-1;2*1-3(4)5-2;1-3(2)4;1-5(2,3)4;10*1-2/h8*3-6H,1-2H3;1-6H;2*1-2H3;1-2H3;1-2H3;10*1-2H3. The Morgan fingerprint density at radius 3 is 0.266 bits per heavy atom. The number of carbonyl (C=O) groups is 3. The molecule has 9 aromatic carbocycles. The first-order valence-corrected chi connectivity index (χ1v) is 41.9. The third-order valence-corrected chi connectivity index (χ3v) is 12.6. The number of ether oxygens (including phenoxy) is 2. The summed E-state index contributed by atoms with van der Waals surface area (Å²) >= 11 is 0. The number of rotatable bonds is 0. The van der Waals surface area contributed by atoms with Gasteiger partial charge in [-0.3, -0.25) is 9.59 Å². The Morgan fingerprint density at radius 1 is 0.193 bits per heavy atom. The highest BCUT2D eigenvalue weighted by Crippen LogP contribution is 2.08. The number of ketones is 1. The average molecular weight is 1530 g/mol. The van der Waals surface area contributed by atoms with Crippen LogP contribution >= 0.6 is 0 Å². The number of methoxy groups -OCH3 is 2. The molecule has 7 nitrogen and oxygen atoms in total. The van der Waals surface area contributed by atoms with Crippen LogP contribution < -0.4 is 0 Å². The van der Waals surface area contributed by atoms with Crippen LogP contribution in [0.4, 0.5) is 0 Å². The van der Waals surface area contributed by atoms with E-state index in [2.05, 4.69) is 314 Å². The van der Waals surface area contributed by atoms with Gasteiger partial charge in [-0.2, -0.15) is 0 Å². The monoisotopic (exact) mass is 1530 g/mol. The molecule has 0 aliphatic rings. The zero-order valence-electron chi connectivity index (χ0n) is 78.7. The van der Waals surface area contributed by atoms with Crippen molar-refractivity contribution in [1.82, 2.24) is 0 Å². The highest BCUT2D eigenvalue weighted by molar-refractivity contribution is 7.89. The smallest absolute Gasteiger partial charge is 0.302 e. The molecule has 9 aromatic rings. The van der Waals surface area contributed by atoms with E-state index in [1.54, 1.807) is 0 Å². The molecule has 0 aromatic heterocycles. The van der Waals surface area contributed by atoms with Crippen molar-refractivity contribution in [2.75, 3.05) is 26.7 Å². The van der Waals surface area contributed by atoms with Gasteiger partial charge in [-0.1, -0.05) is 369 Å². The van der Waals surface area contributed by atoms with E-state index in [0.717, 1.165) is 12.5 Å². The Balaban J connectivity index is -0.0000000736. The van der Waals surface area contributed by atoms with Crippen molar-refractivity contribution >= 4 is 27.6 Å². The maximum atomic E-state index is 9.63. The molecule has 0 unspecified atom stereocenters. The van der Waals surface area contributed by atoms with Crippen LogP contribution in [0.25, 0.3) is 0 Å². The molecule has 9 rings (SSSR count). The molecule has 8 heteroatoms. The van der Waals surface area contributed by atoms with E-state index in [-0.39, 0.29) is 17.7 Å². The number of carbonyl (C=O) groups excluding carboxylic acids is 3. The molecule has 0 aliphatic heterocycles. The Kier molecular flexibility index (Phi) is 132. The molecule has 0 saturated carbocycles. The summed E-state index contributed by atoms with van der Waals surface area (Å²) in [5.74, 6) is -0.324. The number of hydrogen-bond donors (Lipinski definition) is 0. The van der Waals surface area contributed by atoms with Gasteiger partial charge in [0.05, 0.1) is 14.2 Å². The largest absolute Gasteiger partial charge is 0.469 e. The van der Waals surface area contributed by atoms with E-state index >= 15 is 0 Å². The van der Waals surface area contributed by atoms with Crippen LogP contribution in [0.15, 0.2) is 231 Å². The molecule has 0 saturated heterocycles. The third-order valence-electron chi connectivity index (χ3n) is 12.6. The zero-order valence-corrected chi connectivity index (χ0v) is 79.5. The van der Waals surface area contributed by atoms with Crippen LogP contribution in [0.3, 0.4) is 0 Å². The molecule has 622 valence electrons. The maximum Gasteiger partial charge on any atom is 0.302 e. The van der Waals surface area contributed by atoms with Crippen LogP contribution in [0.2, 0.25) is 0 Å². The van der Waals surface area contributed by atoms with Gasteiger partial charge in [0, 0.05) is 26.4 Å². The summed E-state index contributed by atoms with van der Waals surface area (Å²) < 4.78 is 27.5. The lowest BCUT2D eigenvalue weighted by molar-refractivity contribution is -0.138. The Hall–Kier alpha value is -8.46. The highest BCUT2D eigenvalue weighted by atomic mass is 32.2. The van der Waals surface area contributed by atoms with E-state index in [4.69, 9.17) is 0 Å². The summed E-state index contributed by atoms with van der Waals surface area (Å²) in [4.78, 5) is 28.6. The van der Waals surface area contributed by atoms with Crippen molar-refractivity contribution in [3.8, 4) is 0 Å². The summed E-state index contributed by atoms with van der Waals surface area (Å²) in [6, 6.07) is 78.9. The van der Waals surface area contributed by atoms with Gasteiger partial charge in [0.1, 0.15) is 15.6 Å². The first-order chi connectivity index (χ1) is 51.7. The molecule has 0 atom stereocenters. The van der Waals surface area contributed by atoms with Crippen molar-refractivity contribution in [3.63, 3.8) is 0 Å². The van der Waals surface area contributed by atoms with Crippen LogP contribution in [0.1, 0.15) is 255 Å². The summed E-state index contributed by atoms with van der Waals surface area (Å²) in [5, 5.41) is 0. The fourth-order valence-corrected chi connectivity index (χ4v) is 5.69. The topological polar surface area (TPSA) is 104 Å². The highest BCUT2D eigenvalue weighted by Gasteiger charge is 1.90. The Bertz CT molecular complexity index is 2620. The third kappa shape index (κ3) is 118. The van der Waals surface area contributed by atoms with Crippen molar-refractivity contribution in [2.24, 2.45) is 0 Å². The van der Waals surface area contributed by atoms with Crippen molar-refractivity contribution in [1.29, 1.82) is 0 Å². The molecular formula is C101H170O7S. The number of benzene rings is 9. The summed E-state index contributed by atoms with van der Waals surface area (Å²) in [6.07, 6.45) is 2.32. The zero-order chi connectivity index (χ0) is 88.8. The minimum absolute atomic E-state index is 0.167. The first-order valence-electron chi connectivity index (χ1n) is 39.6. The second-order valence-electron chi connectivity index (χ2n) is 21.3. The molecule has 0 fully saturated rings. The van der Waals surface area contributed by atoms with Gasteiger partial charge in [-0.25, -0.2) is 8.42 Å². The number of Topliss-reactive ketones (excluding diaryl/α,β-unsaturated/α-hetero) is 1. The number of aryl methyl sites for hydroxylation is 16. The minimum atomic E-state index is -2.67. The number of hydrogen-bond acceptors (Lipinski definition) is 7. The van der Waals surface area contributed by atoms with Gasteiger partial charge in [0.15, 0.2) is 0 Å². The van der Waals surface area contributed by atoms with Gasteiger partial charge in [-0.15, -0.1) is 0 Å². The van der Waals surface area contributed by atoms with Crippen LogP contribution in [0, 0.1) is 111 Å². The van der Waals surface area contributed by atoms with Crippen LogP contribution in [-0.2, 0) is 33.7 Å². The first kappa shape index (κ1) is 133. The predicted molar refractivity (Wildman–Crippen MR) is 500 cm³/mol. The molecule has 0 radical (unpaired) electrons. The molecule has 0 N–H and O–H groups in total. The molecule has 0 bridgehead atoms. The fourth-order valence-electron chi connectivity index (χ4n) is 5.69. The molecule has 0 spiro atoms. The van der Waals surface area contributed by atoms with E-state index in [1.807, 2.05) is 175 Å². The van der Waals surface area contributed by atoms with Gasteiger partial charge < -0.3 is 14.3 Å². The van der Waals surface area contributed by atoms with Gasteiger partial charge in [-0.05, 0) is 214 Å². The Morgan fingerprint density at radius 2 is 0.239 bits per heavy atom. The maximum absolute atomic E-state index is 9.63. The van der Waals surface area contributed by atoms with Crippen molar-refractivity contribution in [2.45, 2.75) is 277 Å². The second-order valence-corrected chi connectivity index (χ2v) is 23.6. The molecule has 109 heavy (non-hydrogen) atoms. The lowest BCUT2D eigenvalue weighted by Gasteiger charge is -1.93. The average Bonchev–Trinajstić information content (AvgIpc) is 1.01. The van der Waals surface area contributed by atoms with Gasteiger partial charge in [0.2, 0.25) is 0 Å². The predicted octanol–water partition coefficient (Wildman–Crippen LogP) is 31.0. The number of sulfone groups is 1. The van der Waals surface area contributed by atoms with E-state index in [0.29, 0.717) is 0 Å². The normalized spacial score (nSPS) is 7.82. The van der Waals surface area contributed by atoms with Crippen molar-refractivity contribution in [3.05, 3.63) is 320 Å². The quantitative estimate of drug-likeness (QED) is 0.139. The summed E-state index contributed by atoms with van der Waals surface area (Å²) in [6.45, 7) is 79.7. The van der Waals surface area contributed by atoms with Crippen LogP contribution in [0.5, 0.6) is 0 Å². The van der Waals surface area contributed by atoms with Crippen molar-refractivity contribution < 1.29 is 32.3 Å². The van der Waals surface area contributed by atoms with E-state index in [9.17, 15) is 22.8 Å². The van der Waals surface area contributed by atoms with Crippen LogP contribution in [-0.4, -0.2) is 52.9 Å². The fraction of sp³-hybridized carbons (Fsp3) is 0.436. The van der Waals surface area contributed by atoms with E-state index in [1.165, 1.54) is 131 Å². The molecule has 0 amide bonds. The lowest BCUT2D eigenvalue weighted by Crippen LogP contribution is -1.88. The molecule has 0 heterocycles. The molecule has 0 aliphatic carbocycles. The molecular weight excluding hydrogens is 1360 g/mol. The van der Waals surface area contributed by atoms with Gasteiger partial charge >= 0.3 is 11.9 Å². The minimum Gasteiger partial charge on any atom is -0.469 e. The summed E-state index contributed by atoms with van der Waals surface area (Å²) in [5.41, 5.74) is 21.9.